The number of nitrogens with two attached hydrogens (primary N) is 1. The predicted octanol–water partition coefficient (Wildman–Crippen LogP) is 0.282. The van der Waals surface area contributed by atoms with Gasteiger partial charge in [0.15, 0.2) is 0 Å². The van der Waals surface area contributed by atoms with Gasteiger partial charge in [0, 0.05) is 17.8 Å². The lowest BCUT2D eigenvalue weighted by atomic mass is 10.2. The fraction of sp³-hybridized carbons (Fsp3) is 0.300. The maximum absolute atomic E-state index is 11.1. The minimum absolute atomic E-state index is 0.0283. The van der Waals surface area contributed by atoms with Crippen LogP contribution in [-0.4, -0.2) is 32.8 Å². The zero-order valence-electron chi connectivity index (χ0n) is 9.43. The van der Waals surface area contributed by atoms with Crippen molar-refractivity contribution in [2.75, 3.05) is 24.7 Å². The van der Waals surface area contributed by atoms with E-state index in [-0.39, 0.29) is 5.75 Å². The van der Waals surface area contributed by atoms with E-state index in [2.05, 4.69) is 10.0 Å². The topological polar surface area (TPSA) is 84.2 Å². The molecule has 0 radical (unpaired) electrons. The van der Waals surface area contributed by atoms with E-state index >= 15 is 0 Å². The highest BCUT2D eigenvalue weighted by Crippen LogP contribution is 2.09. The van der Waals surface area contributed by atoms with Crippen LogP contribution in [0, 0.1) is 0 Å². The van der Waals surface area contributed by atoms with Gasteiger partial charge < -0.3 is 11.1 Å². The average molecular weight is 273 g/mol. The van der Waals surface area contributed by atoms with E-state index < -0.39 is 10.0 Å². The molecule has 1 aromatic carbocycles. The maximum atomic E-state index is 11.1. The van der Waals surface area contributed by atoms with Gasteiger partial charge in [-0.1, -0.05) is 12.2 Å². The van der Waals surface area contributed by atoms with Crippen LogP contribution in [0.1, 0.15) is 5.56 Å². The van der Waals surface area contributed by atoms with E-state index in [0.29, 0.717) is 11.5 Å². The molecule has 94 valence electrons. The van der Waals surface area contributed by atoms with Crippen molar-refractivity contribution in [3.8, 4) is 0 Å². The molecule has 0 bridgehead atoms. The Morgan fingerprint density at radius 1 is 1.35 bits per heavy atom. The summed E-state index contributed by atoms with van der Waals surface area (Å²) in [6.45, 7) is 0.343. The van der Waals surface area contributed by atoms with E-state index in [1.807, 2.05) is 0 Å². The van der Waals surface area contributed by atoms with E-state index in [9.17, 15) is 8.42 Å². The summed E-state index contributed by atoms with van der Waals surface area (Å²) in [4.78, 5) is 0.342. The maximum Gasteiger partial charge on any atom is 0.213 e. The van der Waals surface area contributed by atoms with Gasteiger partial charge in [0.1, 0.15) is 4.99 Å². The van der Waals surface area contributed by atoms with Crippen LogP contribution in [0.4, 0.5) is 5.69 Å². The molecule has 0 fully saturated rings. The van der Waals surface area contributed by atoms with Crippen LogP contribution >= 0.6 is 12.2 Å². The van der Waals surface area contributed by atoms with Gasteiger partial charge in [0.25, 0.3) is 0 Å². The molecule has 0 aromatic heterocycles. The summed E-state index contributed by atoms with van der Waals surface area (Å²) < 4.78 is 24.5. The molecular formula is C10H15N3O2S2. The van der Waals surface area contributed by atoms with Crippen molar-refractivity contribution in [1.29, 1.82) is 0 Å². The first kappa shape index (κ1) is 13.9. The molecule has 0 aliphatic carbocycles. The Kier molecular flexibility index (Phi) is 4.86. The second-order valence-corrected chi connectivity index (χ2v) is 5.88. The third-order valence-electron chi connectivity index (χ3n) is 2.18. The Balaban J connectivity index is 2.51. The normalized spacial score (nSPS) is 11.1. The second kappa shape index (κ2) is 5.95. The van der Waals surface area contributed by atoms with Gasteiger partial charge in [-0.3, -0.25) is 0 Å². The number of benzene rings is 1. The summed E-state index contributed by atoms with van der Waals surface area (Å²) in [5.74, 6) is 0.0283. The summed E-state index contributed by atoms with van der Waals surface area (Å²) in [7, 11) is -1.77. The SMILES string of the molecule is CNS(=O)(=O)CCNc1ccc(C(N)=S)cc1. The highest BCUT2D eigenvalue weighted by molar-refractivity contribution is 7.89. The zero-order chi connectivity index (χ0) is 12.9. The third-order valence-corrected chi connectivity index (χ3v) is 3.78. The molecule has 0 saturated carbocycles. The van der Waals surface area contributed by atoms with Gasteiger partial charge >= 0.3 is 0 Å². The van der Waals surface area contributed by atoms with Crippen LogP contribution in [0.3, 0.4) is 0 Å². The van der Waals surface area contributed by atoms with Crippen LogP contribution in [0.15, 0.2) is 24.3 Å². The van der Waals surface area contributed by atoms with Crippen molar-refractivity contribution in [1.82, 2.24) is 4.72 Å². The van der Waals surface area contributed by atoms with Crippen molar-refractivity contribution in [2.45, 2.75) is 0 Å². The van der Waals surface area contributed by atoms with Crippen molar-refractivity contribution < 1.29 is 8.42 Å². The zero-order valence-corrected chi connectivity index (χ0v) is 11.1. The number of thiocarbonyl (C=S) groups is 1. The summed E-state index contributed by atoms with van der Waals surface area (Å²) in [6.07, 6.45) is 0. The molecule has 0 aliphatic rings. The lowest BCUT2D eigenvalue weighted by Crippen LogP contribution is -2.26. The molecule has 7 heteroatoms. The van der Waals surface area contributed by atoms with E-state index in [0.717, 1.165) is 11.3 Å². The molecule has 0 atom stereocenters. The van der Waals surface area contributed by atoms with Gasteiger partial charge in [-0.25, -0.2) is 13.1 Å². The van der Waals surface area contributed by atoms with Crippen LogP contribution in [0.5, 0.6) is 0 Å². The van der Waals surface area contributed by atoms with Gasteiger partial charge in [0.05, 0.1) is 5.75 Å². The minimum Gasteiger partial charge on any atom is -0.389 e. The van der Waals surface area contributed by atoms with Gasteiger partial charge in [0.2, 0.25) is 10.0 Å². The Bertz CT molecular complexity index is 483. The Morgan fingerprint density at radius 3 is 2.41 bits per heavy atom. The molecule has 0 saturated heterocycles. The van der Waals surface area contributed by atoms with Crippen molar-refractivity contribution in [3.05, 3.63) is 29.8 Å². The van der Waals surface area contributed by atoms with Gasteiger partial charge in [-0.15, -0.1) is 0 Å². The summed E-state index contributed by atoms with van der Waals surface area (Å²) >= 11 is 4.83. The van der Waals surface area contributed by atoms with E-state index in [1.54, 1.807) is 24.3 Å². The van der Waals surface area contributed by atoms with Crippen LogP contribution in [0.25, 0.3) is 0 Å². The summed E-state index contributed by atoms with van der Waals surface area (Å²) in [5, 5.41) is 3.00. The van der Waals surface area contributed by atoms with Crippen LogP contribution in [-0.2, 0) is 10.0 Å². The lowest BCUT2D eigenvalue weighted by molar-refractivity contribution is 0.588. The van der Waals surface area contributed by atoms with Gasteiger partial charge in [-0.2, -0.15) is 0 Å². The smallest absolute Gasteiger partial charge is 0.213 e. The first-order valence-corrected chi connectivity index (χ1v) is 7.05. The third kappa shape index (κ3) is 4.68. The molecule has 0 spiro atoms. The molecule has 17 heavy (non-hydrogen) atoms. The molecule has 4 N–H and O–H groups in total. The first-order chi connectivity index (χ1) is 7.94. The summed E-state index contributed by atoms with van der Waals surface area (Å²) in [6, 6.07) is 7.19. The van der Waals surface area contributed by atoms with E-state index in [4.69, 9.17) is 18.0 Å². The predicted molar refractivity (Wildman–Crippen MR) is 73.7 cm³/mol. The standard InChI is InChI=1S/C10H15N3O2S2/c1-12-17(14,15)7-6-13-9-4-2-8(3-5-9)10(11)16/h2-5,12-13H,6-7H2,1H3,(H2,11,16). The fourth-order valence-electron chi connectivity index (χ4n) is 1.18. The number of anilines is 1. The van der Waals surface area contributed by atoms with Crippen LogP contribution in [0.2, 0.25) is 0 Å². The lowest BCUT2D eigenvalue weighted by Gasteiger charge is -2.07. The molecule has 0 amide bonds. The molecular weight excluding hydrogens is 258 g/mol. The molecule has 1 aromatic rings. The molecule has 0 unspecified atom stereocenters. The monoisotopic (exact) mass is 273 g/mol. The summed E-state index contributed by atoms with van der Waals surface area (Å²) in [5.41, 5.74) is 7.08. The van der Waals surface area contributed by atoms with Crippen LogP contribution < -0.4 is 15.8 Å². The molecule has 5 nitrogen and oxygen atoms in total. The van der Waals surface area contributed by atoms with Crippen molar-refractivity contribution in [2.24, 2.45) is 5.73 Å². The number of sulfonamides is 1. The van der Waals surface area contributed by atoms with Gasteiger partial charge in [-0.05, 0) is 31.3 Å². The van der Waals surface area contributed by atoms with Crippen molar-refractivity contribution >= 4 is 32.9 Å². The number of nitrogens with one attached hydrogen (secondary N) is 2. The Morgan fingerprint density at radius 2 is 1.94 bits per heavy atom. The average Bonchev–Trinajstić information content (AvgIpc) is 2.29. The number of hydrogen-bond acceptors (Lipinski definition) is 4. The minimum atomic E-state index is -3.16. The van der Waals surface area contributed by atoms with E-state index in [1.165, 1.54) is 7.05 Å². The first-order valence-electron chi connectivity index (χ1n) is 4.99. The highest BCUT2D eigenvalue weighted by atomic mass is 32.2. The molecule has 0 aliphatic heterocycles. The molecule has 0 heterocycles. The fourth-order valence-corrected chi connectivity index (χ4v) is 1.90. The number of rotatable bonds is 6. The second-order valence-electron chi connectivity index (χ2n) is 3.39. The van der Waals surface area contributed by atoms with Crippen molar-refractivity contribution in [3.63, 3.8) is 0 Å². The number of hydrogen-bond donors (Lipinski definition) is 3. The Hall–Kier alpha value is -1.18. The highest BCUT2D eigenvalue weighted by Gasteiger charge is 2.05. The quantitative estimate of drug-likeness (QED) is 0.648. The molecule has 1 rings (SSSR count). The Labute approximate surface area is 106 Å². The largest absolute Gasteiger partial charge is 0.389 e.